The third kappa shape index (κ3) is 4.93. The Bertz CT molecular complexity index is 1290. The van der Waals surface area contributed by atoms with Crippen LogP contribution >= 0.6 is 0 Å². The first-order valence-corrected chi connectivity index (χ1v) is 12.6. The van der Waals surface area contributed by atoms with Crippen molar-refractivity contribution in [1.29, 1.82) is 0 Å². The van der Waals surface area contributed by atoms with Crippen LogP contribution in [0.25, 0.3) is 11.3 Å². The quantitative estimate of drug-likeness (QED) is 0.422. The van der Waals surface area contributed by atoms with Gasteiger partial charge in [-0.3, -0.25) is 0 Å². The normalized spacial score (nSPS) is 13.1. The molecule has 5 radical (unpaired) electrons. The van der Waals surface area contributed by atoms with E-state index in [1.54, 1.807) is 44.2 Å². The van der Waals surface area contributed by atoms with Crippen molar-refractivity contribution in [2.24, 2.45) is 5.16 Å². The van der Waals surface area contributed by atoms with E-state index >= 15 is 4.39 Å². The van der Waals surface area contributed by atoms with Crippen LogP contribution in [-0.2, 0) is 11.3 Å². The minimum atomic E-state index is -1.78. The number of halogens is 2. The number of carbonyl (C=O) groups is 1. The van der Waals surface area contributed by atoms with Gasteiger partial charge in [0.05, 0.1) is 0 Å². The van der Waals surface area contributed by atoms with E-state index in [1.807, 2.05) is 6.92 Å². The average molecular weight is 461 g/mol. The topological polar surface area (TPSA) is 81.0 Å². The van der Waals surface area contributed by atoms with Crippen molar-refractivity contribution in [1.82, 2.24) is 4.98 Å². The van der Waals surface area contributed by atoms with E-state index in [0.29, 0.717) is 26.2 Å². The third-order valence-electron chi connectivity index (χ3n) is 5.82. The Labute approximate surface area is 202 Å². The predicted molar refractivity (Wildman–Crippen MR) is 120 cm³/mol. The molecule has 0 amide bonds. The van der Waals surface area contributed by atoms with Gasteiger partial charge in [-0.15, -0.1) is 0 Å². The molecule has 1 aliphatic heterocycles. The van der Waals surface area contributed by atoms with Crippen LogP contribution in [0.4, 0.5) is 13.6 Å². The maximum absolute atomic E-state index is 15.0. The van der Waals surface area contributed by atoms with Crippen LogP contribution in [0, 0.1) is 32.4 Å². The molecule has 1 N–H and O–H groups in total. The first-order valence-electron chi connectivity index (χ1n) is 10.6. The molecular formula is C24H20F2N2NaO4. The molecule has 2 aromatic carbocycles. The van der Waals surface area contributed by atoms with Crippen molar-refractivity contribution in [3.63, 3.8) is 0 Å². The summed E-state index contributed by atoms with van der Waals surface area (Å²) in [6, 6.07) is 9.61. The van der Waals surface area contributed by atoms with Crippen molar-refractivity contribution in [3.8, 4) is 22.8 Å². The van der Waals surface area contributed by atoms with Gasteiger partial charge in [-0.1, -0.05) is 12.1 Å². The smallest absolute Gasteiger partial charge is 0.506 e. The molecule has 165 valence electrons. The summed E-state index contributed by atoms with van der Waals surface area (Å²) in [5.74, 6) is -0.992. The number of hydrogen-bond acceptors (Lipinski definition) is 6. The third-order valence-corrected chi connectivity index (χ3v) is 7.46. The minimum Gasteiger partial charge on any atom is -0.506 e. The minimum absolute atomic E-state index is 0.0366. The molecule has 0 saturated carbocycles. The molecule has 0 aliphatic carbocycles. The van der Waals surface area contributed by atoms with Gasteiger partial charge in [0.15, 0.2) is 0 Å². The van der Waals surface area contributed by atoms with Crippen molar-refractivity contribution >= 4 is 32.5 Å². The second-order valence-corrected chi connectivity index (χ2v) is 10.8. The summed E-state index contributed by atoms with van der Waals surface area (Å²) in [5.41, 5.74) is 3.29. The predicted octanol–water partition coefficient (Wildman–Crippen LogP) is 4.80. The molecule has 4 rings (SSSR count). The molecule has 0 bridgehead atoms. The SMILES string of the molecule is Cc1cccc(-c2nc(Cc3c(C)cc(OC[C]4=NO[C](=O)[Na]4)c(F)c3C)ccc2O)c1F. The van der Waals surface area contributed by atoms with Crippen LogP contribution in [0.5, 0.6) is 11.5 Å². The summed E-state index contributed by atoms with van der Waals surface area (Å²) in [7, 11) is 0. The van der Waals surface area contributed by atoms with Crippen LogP contribution in [0.2, 0.25) is 0 Å². The number of oxime groups is 1. The van der Waals surface area contributed by atoms with Crippen molar-refractivity contribution in [3.05, 3.63) is 76.0 Å². The van der Waals surface area contributed by atoms with Crippen LogP contribution in [-0.4, -0.2) is 49.2 Å². The number of nitrogens with zero attached hydrogens (tertiary/aromatic N) is 2. The Morgan fingerprint density at radius 3 is 2.61 bits per heavy atom. The Morgan fingerprint density at radius 2 is 1.88 bits per heavy atom. The second kappa shape index (κ2) is 9.59. The van der Waals surface area contributed by atoms with E-state index in [9.17, 15) is 14.3 Å². The molecule has 1 aliphatic rings. The number of hydrogen-bond donors (Lipinski definition) is 1. The summed E-state index contributed by atoms with van der Waals surface area (Å²) in [4.78, 5) is 20.3. The molecule has 0 unspecified atom stereocenters. The number of aromatic hydroxyl groups is 1. The molecule has 0 fully saturated rings. The van der Waals surface area contributed by atoms with E-state index in [2.05, 4.69) is 15.0 Å². The fourth-order valence-corrected chi connectivity index (χ4v) is 5.01. The summed E-state index contributed by atoms with van der Waals surface area (Å²) >= 11 is -1.78. The zero-order chi connectivity index (χ0) is 23.7. The van der Waals surface area contributed by atoms with E-state index in [4.69, 9.17) is 4.74 Å². The second-order valence-electron chi connectivity index (χ2n) is 8.34. The molecule has 3 aromatic rings. The molecule has 9 heteroatoms. The molecule has 0 spiro atoms. The molecule has 6 nitrogen and oxygen atoms in total. The van der Waals surface area contributed by atoms with E-state index in [1.165, 1.54) is 6.07 Å². The van der Waals surface area contributed by atoms with Gasteiger partial charge in [0.25, 0.3) is 0 Å². The van der Waals surface area contributed by atoms with Gasteiger partial charge < -0.3 is 5.11 Å². The van der Waals surface area contributed by atoms with Crippen LogP contribution < -0.4 is 4.74 Å². The Balaban J connectivity index is 1.61. The fourth-order valence-electron chi connectivity index (χ4n) is 3.89. The number of benzene rings is 2. The van der Waals surface area contributed by atoms with E-state index in [0.717, 1.165) is 11.1 Å². The number of pyridine rings is 1. The van der Waals surface area contributed by atoms with Gasteiger partial charge in [-0.2, -0.15) is 0 Å². The molecule has 0 saturated heterocycles. The van der Waals surface area contributed by atoms with Gasteiger partial charge in [0.2, 0.25) is 0 Å². The number of aryl methyl sites for hydroxylation is 2. The van der Waals surface area contributed by atoms with Crippen LogP contribution in [0.3, 0.4) is 0 Å². The van der Waals surface area contributed by atoms with Gasteiger partial charge >= 0.3 is 157 Å². The number of ether oxygens (including phenoxy) is 1. The molecular weight excluding hydrogens is 441 g/mol. The van der Waals surface area contributed by atoms with Crippen molar-refractivity contribution < 1.29 is 28.3 Å². The zero-order valence-electron chi connectivity index (χ0n) is 18.7. The number of rotatable bonds is 6. The molecule has 2 heterocycles. The molecule has 0 atom stereocenters. The Morgan fingerprint density at radius 1 is 1.09 bits per heavy atom. The van der Waals surface area contributed by atoms with Gasteiger partial charge in [0, 0.05) is 0 Å². The standard InChI is InChI=1S/C24H20F2N2O4.Na/c1-14-5-4-6-18(22(14)25)24-20(30)8-7-17(28-24)12-19-15(2)11-21(23(26)16(19)3)31-10-9-27-32-13-29;/h4-8,11,30H,10,12H2,1-3H3;. The van der Waals surface area contributed by atoms with Gasteiger partial charge in [0.1, 0.15) is 5.82 Å². The van der Waals surface area contributed by atoms with E-state index in [-0.39, 0.29) is 32.6 Å². The fraction of sp³-hybridized carbons (Fsp3) is 0.208. The summed E-state index contributed by atoms with van der Waals surface area (Å²) in [5, 5.41) is 14.0. The van der Waals surface area contributed by atoms with Crippen LogP contribution in [0.15, 0.2) is 41.6 Å². The first-order chi connectivity index (χ1) is 15.7. The van der Waals surface area contributed by atoms with Gasteiger partial charge in [-0.25, -0.2) is 4.39 Å². The van der Waals surface area contributed by atoms with Crippen LogP contribution in [0.1, 0.15) is 27.9 Å². The van der Waals surface area contributed by atoms with Crippen molar-refractivity contribution in [2.75, 3.05) is 6.61 Å². The summed E-state index contributed by atoms with van der Waals surface area (Å²) in [6.45, 7) is 5.18. The Hall–Kier alpha value is -2.81. The van der Waals surface area contributed by atoms with Crippen molar-refractivity contribution in [2.45, 2.75) is 27.2 Å². The number of aromatic nitrogens is 1. The maximum atomic E-state index is 15.0. The monoisotopic (exact) mass is 461 g/mol. The Kier molecular flexibility index (Phi) is 6.78. The average Bonchev–Trinajstić information content (AvgIpc) is 3.21. The molecule has 33 heavy (non-hydrogen) atoms. The first kappa shape index (κ1) is 23.4. The summed E-state index contributed by atoms with van der Waals surface area (Å²) in [6.07, 6.45) is 0.292. The zero-order valence-corrected chi connectivity index (χ0v) is 20.7. The van der Waals surface area contributed by atoms with Gasteiger partial charge in [-0.05, 0) is 18.6 Å². The number of carbonyl (C=O) groups excluding carboxylic acids is 1. The van der Waals surface area contributed by atoms with E-state index < -0.39 is 37.9 Å². The summed E-state index contributed by atoms with van der Waals surface area (Å²) < 4.78 is 35.5. The molecule has 1 aromatic heterocycles.